The summed E-state index contributed by atoms with van der Waals surface area (Å²) in [7, 11) is 1.51. The number of hydrogen-bond acceptors (Lipinski definition) is 6. The molecular formula is C26H34FN3O3. The summed E-state index contributed by atoms with van der Waals surface area (Å²) in [5.74, 6) is 0.807. The van der Waals surface area contributed by atoms with E-state index in [4.69, 9.17) is 14.7 Å². The second-order valence-corrected chi connectivity index (χ2v) is 9.13. The number of nitrogens with zero attached hydrogens (tertiary/aromatic N) is 3. The molecule has 2 fully saturated rings. The molecule has 2 heterocycles. The van der Waals surface area contributed by atoms with Crippen molar-refractivity contribution in [2.24, 2.45) is 5.16 Å². The third kappa shape index (κ3) is 4.78. The lowest BCUT2D eigenvalue weighted by Gasteiger charge is -2.49. The molecule has 6 nitrogen and oxygen atoms in total. The lowest BCUT2D eigenvalue weighted by Crippen LogP contribution is -2.56. The minimum absolute atomic E-state index is 0.276. The number of oxime groups is 1. The average molecular weight is 456 g/mol. The highest BCUT2D eigenvalue weighted by Gasteiger charge is 2.36. The molecule has 4 rings (SSSR count). The number of benzene rings is 2. The number of anilines is 1. The first-order chi connectivity index (χ1) is 15.9. The fourth-order valence-electron chi connectivity index (χ4n) is 5.21. The van der Waals surface area contributed by atoms with E-state index in [0.29, 0.717) is 23.5 Å². The highest BCUT2D eigenvalue weighted by Crippen LogP contribution is 2.40. The van der Waals surface area contributed by atoms with E-state index < -0.39 is 0 Å². The highest BCUT2D eigenvalue weighted by molar-refractivity contribution is 5.82. The topological polar surface area (TPSA) is 57.5 Å². The van der Waals surface area contributed by atoms with Crippen LogP contribution < -0.4 is 14.4 Å². The van der Waals surface area contributed by atoms with Crippen LogP contribution in [0, 0.1) is 19.7 Å². The van der Waals surface area contributed by atoms with E-state index in [9.17, 15) is 4.39 Å². The van der Waals surface area contributed by atoms with Gasteiger partial charge in [-0.15, -0.1) is 0 Å². The maximum atomic E-state index is 13.9. The van der Waals surface area contributed by atoms with Gasteiger partial charge in [0.25, 0.3) is 0 Å². The molecule has 33 heavy (non-hydrogen) atoms. The molecule has 0 bridgehead atoms. The molecule has 2 atom stereocenters. The molecule has 0 spiro atoms. The summed E-state index contributed by atoms with van der Waals surface area (Å²) in [5.41, 5.74) is 5.34. The Morgan fingerprint density at radius 1 is 1.12 bits per heavy atom. The van der Waals surface area contributed by atoms with Crippen LogP contribution in [0.4, 0.5) is 10.1 Å². The molecule has 0 saturated carbocycles. The van der Waals surface area contributed by atoms with Gasteiger partial charge in [0.05, 0.1) is 12.8 Å². The van der Waals surface area contributed by atoms with Crippen LogP contribution in [-0.4, -0.2) is 55.2 Å². The van der Waals surface area contributed by atoms with Gasteiger partial charge in [-0.25, -0.2) is 4.39 Å². The van der Waals surface area contributed by atoms with Crippen molar-refractivity contribution in [2.75, 3.05) is 38.3 Å². The molecule has 0 amide bonds. The van der Waals surface area contributed by atoms with Crippen LogP contribution >= 0.6 is 0 Å². The zero-order valence-corrected chi connectivity index (χ0v) is 20.0. The lowest BCUT2D eigenvalue weighted by atomic mass is 9.86. The van der Waals surface area contributed by atoms with E-state index in [0.717, 1.165) is 43.1 Å². The zero-order valence-electron chi connectivity index (χ0n) is 20.0. The van der Waals surface area contributed by atoms with Crippen LogP contribution in [0.5, 0.6) is 11.5 Å². The third-order valence-electron chi connectivity index (χ3n) is 7.19. The van der Waals surface area contributed by atoms with Gasteiger partial charge in [-0.3, -0.25) is 4.90 Å². The molecule has 2 aliphatic rings. The van der Waals surface area contributed by atoms with Gasteiger partial charge in [0.1, 0.15) is 12.4 Å². The summed E-state index contributed by atoms with van der Waals surface area (Å²) in [4.78, 5) is 5.01. The minimum Gasteiger partial charge on any atom is -0.494 e. The summed E-state index contributed by atoms with van der Waals surface area (Å²) >= 11 is 0. The molecule has 2 aromatic carbocycles. The smallest absolute Gasteiger partial charge is 0.165 e. The van der Waals surface area contributed by atoms with E-state index >= 15 is 0 Å². The fourth-order valence-corrected chi connectivity index (χ4v) is 5.21. The average Bonchev–Trinajstić information content (AvgIpc) is 2.84. The van der Waals surface area contributed by atoms with Gasteiger partial charge in [-0.1, -0.05) is 11.2 Å². The van der Waals surface area contributed by atoms with Crippen molar-refractivity contribution >= 4 is 11.4 Å². The van der Waals surface area contributed by atoms with Crippen molar-refractivity contribution in [3.05, 3.63) is 52.8 Å². The van der Waals surface area contributed by atoms with Crippen LogP contribution in [0.15, 0.2) is 35.5 Å². The number of fused-ring (bicyclic) bond motifs is 1. The largest absolute Gasteiger partial charge is 0.494 e. The molecule has 0 radical (unpaired) electrons. The quantitative estimate of drug-likeness (QED) is 0.373. The summed E-state index contributed by atoms with van der Waals surface area (Å²) in [5, 5.41) is 12.1. The van der Waals surface area contributed by atoms with Gasteiger partial charge in [0.15, 0.2) is 11.6 Å². The van der Waals surface area contributed by atoms with E-state index in [1.165, 1.54) is 37.1 Å². The molecule has 2 saturated heterocycles. The number of ether oxygens (including phenoxy) is 2. The first kappa shape index (κ1) is 23.4. The first-order valence-electron chi connectivity index (χ1n) is 11.7. The normalized spacial score (nSPS) is 21.6. The monoisotopic (exact) mass is 455 g/mol. The van der Waals surface area contributed by atoms with Crippen molar-refractivity contribution in [1.29, 1.82) is 0 Å². The Balaban J connectivity index is 1.51. The molecule has 0 aromatic heterocycles. The van der Waals surface area contributed by atoms with Crippen molar-refractivity contribution in [3.8, 4) is 11.5 Å². The van der Waals surface area contributed by atoms with Gasteiger partial charge in [0.2, 0.25) is 0 Å². The number of methoxy groups -OCH3 is 1. The van der Waals surface area contributed by atoms with Crippen LogP contribution in [0.1, 0.15) is 48.9 Å². The number of rotatable bonds is 6. The molecule has 0 unspecified atom stereocenters. The second-order valence-electron chi connectivity index (χ2n) is 9.13. The second kappa shape index (κ2) is 10.00. The Bertz CT molecular complexity index is 1030. The van der Waals surface area contributed by atoms with Crippen molar-refractivity contribution < 1.29 is 19.1 Å². The van der Waals surface area contributed by atoms with Crippen LogP contribution in [0.2, 0.25) is 0 Å². The van der Waals surface area contributed by atoms with Gasteiger partial charge >= 0.3 is 0 Å². The fraction of sp³-hybridized carbons (Fsp3) is 0.500. The van der Waals surface area contributed by atoms with E-state index in [2.05, 4.69) is 34.9 Å². The maximum absolute atomic E-state index is 13.9. The highest BCUT2D eigenvalue weighted by atomic mass is 19.1. The van der Waals surface area contributed by atoms with Crippen LogP contribution in [0.25, 0.3) is 0 Å². The lowest BCUT2D eigenvalue weighted by molar-refractivity contribution is 0.0712. The Labute approximate surface area is 195 Å². The van der Waals surface area contributed by atoms with E-state index in [1.54, 1.807) is 13.0 Å². The molecule has 0 aliphatic carbocycles. The Morgan fingerprint density at radius 2 is 1.94 bits per heavy atom. The Kier molecular flexibility index (Phi) is 7.08. The zero-order chi connectivity index (χ0) is 23.5. The summed E-state index contributed by atoms with van der Waals surface area (Å²) < 4.78 is 24.9. The SMILES string of the molecule is COc1cc(N2CCN3[C@@H](CCC[C@@H]3c3ccc(OCC(C)=NO)c(C)c3C)C2)ccc1F. The Hall–Kier alpha value is -2.80. The third-order valence-corrected chi connectivity index (χ3v) is 7.19. The van der Waals surface area contributed by atoms with Gasteiger partial charge in [-0.05, 0) is 74.9 Å². The number of halogens is 1. The Morgan fingerprint density at radius 3 is 2.70 bits per heavy atom. The standard InChI is InChI=1S/C26H34FN3O3/c1-17(28-31)16-33-25-11-9-22(18(2)19(25)3)24-7-5-6-21-15-29(12-13-30(21)24)20-8-10-23(27)26(14-20)32-4/h8-11,14,21,24,31H,5-7,12-13,15-16H2,1-4H3/t21-,24+/m0/s1. The summed E-state index contributed by atoms with van der Waals surface area (Å²) in [6.07, 6.45) is 3.51. The van der Waals surface area contributed by atoms with Crippen LogP contribution in [0.3, 0.4) is 0 Å². The maximum Gasteiger partial charge on any atom is 0.165 e. The summed E-state index contributed by atoms with van der Waals surface area (Å²) in [6.45, 7) is 9.09. The first-order valence-corrected chi connectivity index (χ1v) is 11.7. The molecule has 2 aliphatic heterocycles. The van der Waals surface area contributed by atoms with Crippen molar-refractivity contribution in [2.45, 2.75) is 52.1 Å². The van der Waals surface area contributed by atoms with Crippen LogP contribution in [-0.2, 0) is 0 Å². The summed E-state index contributed by atoms with van der Waals surface area (Å²) in [6, 6.07) is 10.3. The van der Waals surface area contributed by atoms with Crippen molar-refractivity contribution in [1.82, 2.24) is 4.90 Å². The number of piperazine rings is 1. The predicted octanol–water partition coefficient (Wildman–Crippen LogP) is 5.10. The van der Waals surface area contributed by atoms with Gasteiger partial charge in [0, 0.05) is 43.5 Å². The van der Waals surface area contributed by atoms with Gasteiger partial charge < -0.3 is 19.6 Å². The predicted molar refractivity (Wildman–Crippen MR) is 129 cm³/mol. The minimum atomic E-state index is -0.324. The number of piperidine rings is 1. The molecule has 2 aromatic rings. The van der Waals surface area contributed by atoms with Gasteiger partial charge in [-0.2, -0.15) is 0 Å². The molecule has 178 valence electrons. The van der Waals surface area contributed by atoms with E-state index in [1.807, 2.05) is 12.1 Å². The van der Waals surface area contributed by atoms with E-state index in [-0.39, 0.29) is 12.4 Å². The molecule has 7 heteroatoms. The van der Waals surface area contributed by atoms with Crippen molar-refractivity contribution in [3.63, 3.8) is 0 Å². The number of hydrogen-bond donors (Lipinski definition) is 1. The molecule has 1 N–H and O–H groups in total. The molecular weight excluding hydrogens is 421 g/mol.